The number of hydrogen-bond donors (Lipinski definition) is 2. The maximum absolute atomic E-state index is 9.75. The summed E-state index contributed by atoms with van der Waals surface area (Å²) in [5, 5.41) is 9.75. The van der Waals surface area contributed by atoms with Crippen LogP contribution in [-0.2, 0) is 0 Å². The average molecular weight is 180 g/mol. The molecule has 1 rings (SSSR count). The fraction of sp³-hybridized carbons (Fsp3) is 0.400. The molecule has 0 aliphatic heterocycles. The lowest BCUT2D eigenvalue weighted by atomic mass is 10.1. The predicted molar refractivity (Wildman–Crippen MR) is 54.4 cm³/mol. The van der Waals surface area contributed by atoms with Crippen LogP contribution in [0.3, 0.4) is 0 Å². The maximum Gasteiger partial charge on any atom is 0.0936 e. The number of aliphatic hydroxyl groups excluding tert-OH is 1. The Morgan fingerprint density at radius 3 is 2.54 bits per heavy atom. The number of benzene rings is 1. The van der Waals surface area contributed by atoms with Crippen LogP contribution in [-0.4, -0.2) is 30.6 Å². The molecule has 0 aliphatic carbocycles. The van der Waals surface area contributed by atoms with Gasteiger partial charge in [0.2, 0.25) is 0 Å². The van der Waals surface area contributed by atoms with Crippen molar-refractivity contribution in [2.45, 2.75) is 6.10 Å². The highest BCUT2D eigenvalue weighted by Gasteiger charge is 2.10. The minimum absolute atomic E-state index is 0.504. The van der Waals surface area contributed by atoms with Crippen molar-refractivity contribution >= 4 is 5.69 Å². The second-order valence-corrected chi connectivity index (χ2v) is 3.41. The van der Waals surface area contributed by atoms with E-state index in [2.05, 4.69) is 0 Å². The molecule has 0 amide bonds. The first kappa shape index (κ1) is 10.0. The zero-order valence-electron chi connectivity index (χ0n) is 8.07. The number of aliphatic hydroxyl groups is 1. The van der Waals surface area contributed by atoms with Crippen molar-refractivity contribution < 1.29 is 5.11 Å². The first-order valence-corrected chi connectivity index (χ1v) is 4.28. The first-order chi connectivity index (χ1) is 6.11. The molecule has 0 bridgehead atoms. The third kappa shape index (κ3) is 2.72. The number of nitrogen functional groups attached to an aromatic ring is 1. The minimum atomic E-state index is -0.504. The molecule has 0 aliphatic rings. The van der Waals surface area contributed by atoms with Gasteiger partial charge in [0.1, 0.15) is 0 Å². The van der Waals surface area contributed by atoms with E-state index in [1.54, 1.807) is 6.07 Å². The Hall–Kier alpha value is -1.06. The molecule has 0 aromatic heterocycles. The van der Waals surface area contributed by atoms with Crippen molar-refractivity contribution in [2.24, 2.45) is 0 Å². The lowest BCUT2D eigenvalue weighted by Crippen LogP contribution is -2.20. The number of para-hydroxylation sites is 1. The summed E-state index contributed by atoms with van der Waals surface area (Å²) in [5.74, 6) is 0. The topological polar surface area (TPSA) is 49.5 Å². The normalized spacial score (nSPS) is 13.2. The van der Waals surface area contributed by atoms with Gasteiger partial charge in [-0.2, -0.15) is 0 Å². The molecule has 3 N–H and O–H groups in total. The third-order valence-corrected chi connectivity index (χ3v) is 1.89. The van der Waals surface area contributed by atoms with E-state index in [4.69, 9.17) is 5.73 Å². The molecular weight excluding hydrogens is 164 g/mol. The molecular formula is C10H16N2O. The van der Waals surface area contributed by atoms with Crippen LogP contribution in [0, 0.1) is 0 Å². The summed E-state index contributed by atoms with van der Waals surface area (Å²) in [7, 11) is 3.84. The van der Waals surface area contributed by atoms with Crippen molar-refractivity contribution in [2.75, 3.05) is 26.4 Å². The Balaban J connectivity index is 2.76. The molecule has 0 saturated heterocycles. The van der Waals surface area contributed by atoms with E-state index in [-0.39, 0.29) is 0 Å². The standard InChI is InChI=1S/C10H16N2O/c1-12(2)7-10(13)8-5-3-4-6-9(8)11/h3-6,10,13H,7,11H2,1-2H3. The third-order valence-electron chi connectivity index (χ3n) is 1.89. The number of rotatable bonds is 3. The number of nitrogens with zero attached hydrogens (tertiary/aromatic N) is 1. The Morgan fingerprint density at radius 1 is 1.38 bits per heavy atom. The molecule has 1 unspecified atom stereocenters. The molecule has 13 heavy (non-hydrogen) atoms. The van der Waals surface area contributed by atoms with Crippen LogP contribution in [0.15, 0.2) is 24.3 Å². The van der Waals surface area contributed by atoms with Gasteiger partial charge in [-0.1, -0.05) is 18.2 Å². The zero-order chi connectivity index (χ0) is 9.84. The van der Waals surface area contributed by atoms with Crippen molar-refractivity contribution in [3.05, 3.63) is 29.8 Å². The molecule has 1 atom stereocenters. The molecule has 0 saturated carbocycles. The molecule has 0 radical (unpaired) electrons. The summed E-state index contributed by atoms with van der Waals surface area (Å²) in [6.45, 7) is 0.591. The molecule has 3 heteroatoms. The SMILES string of the molecule is CN(C)CC(O)c1ccccc1N. The molecule has 1 aromatic rings. The highest BCUT2D eigenvalue weighted by Crippen LogP contribution is 2.19. The van der Waals surface area contributed by atoms with Crippen LogP contribution >= 0.6 is 0 Å². The Kier molecular flexibility index (Phi) is 3.28. The summed E-state index contributed by atoms with van der Waals surface area (Å²) < 4.78 is 0. The molecule has 0 fully saturated rings. The van der Waals surface area contributed by atoms with Crippen LogP contribution in [0.25, 0.3) is 0 Å². The van der Waals surface area contributed by atoms with Crippen LogP contribution < -0.4 is 5.73 Å². The van der Waals surface area contributed by atoms with Gasteiger partial charge in [0.15, 0.2) is 0 Å². The molecule has 0 heterocycles. The summed E-state index contributed by atoms with van der Waals surface area (Å²) in [4.78, 5) is 1.93. The second kappa shape index (κ2) is 4.25. The van der Waals surface area contributed by atoms with Crippen LogP contribution in [0.2, 0.25) is 0 Å². The minimum Gasteiger partial charge on any atom is -0.398 e. The number of hydrogen-bond acceptors (Lipinski definition) is 3. The molecule has 3 nitrogen and oxygen atoms in total. The average Bonchev–Trinajstić information content (AvgIpc) is 2.03. The van der Waals surface area contributed by atoms with E-state index < -0.39 is 6.10 Å². The van der Waals surface area contributed by atoms with E-state index in [1.807, 2.05) is 37.2 Å². The van der Waals surface area contributed by atoms with Gasteiger partial charge < -0.3 is 15.7 Å². The number of anilines is 1. The van der Waals surface area contributed by atoms with E-state index in [1.165, 1.54) is 0 Å². The summed E-state index contributed by atoms with van der Waals surface area (Å²) in [5.41, 5.74) is 7.17. The number of likely N-dealkylation sites (N-methyl/N-ethyl adjacent to an activating group) is 1. The summed E-state index contributed by atoms with van der Waals surface area (Å²) in [6, 6.07) is 7.39. The van der Waals surface area contributed by atoms with Crippen LogP contribution in [0.5, 0.6) is 0 Å². The van der Waals surface area contributed by atoms with Crippen molar-refractivity contribution in [3.8, 4) is 0 Å². The fourth-order valence-corrected chi connectivity index (χ4v) is 1.26. The van der Waals surface area contributed by atoms with Gasteiger partial charge in [0.25, 0.3) is 0 Å². The van der Waals surface area contributed by atoms with Crippen LogP contribution in [0.1, 0.15) is 11.7 Å². The van der Waals surface area contributed by atoms with Gasteiger partial charge in [-0.05, 0) is 20.2 Å². The molecule has 0 spiro atoms. The Morgan fingerprint density at radius 2 is 2.00 bits per heavy atom. The highest BCUT2D eigenvalue weighted by molar-refractivity contribution is 5.47. The monoisotopic (exact) mass is 180 g/mol. The van der Waals surface area contributed by atoms with Crippen molar-refractivity contribution in [1.82, 2.24) is 4.90 Å². The van der Waals surface area contributed by atoms with E-state index in [0.29, 0.717) is 12.2 Å². The zero-order valence-corrected chi connectivity index (χ0v) is 8.07. The van der Waals surface area contributed by atoms with Crippen LogP contribution in [0.4, 0.5) is 5.69 Å². The molecule has 72 valence electrons. The second-order valence-electron chi connectivity index (χ2n) is 3.41. The van der Waals surface area contributed by atoms with E-state index in [9.17, 15) is 5.11 Å². The van der Waals surface area contributed by atoms with Gasteiger partial charge >= 0.3 is 0 Å². The van der Waals surface area contributed by atoms with Crippen molar-refractivity contribution in [3.63, 3.8) is 0 Å². The van der Waals surface area contributed by atoms with Gasteiger partial charge in [-0.25, -0.2) is 0 Å². The first-order valence-electron chi connectivity index (χ1n) is 4.28. The maximum atomic E-state index is 9.75. The van der Waals surface area contributed by atoms with Gasteiger partial charge in [-0.3, -0.25) is 0 Å². The van der Waals surface area contributed by atoms with Gasteiger partial charge in [0.05, 0.1) is 6.10 Å². The largest absolute Gasteiger partial charge is 0.398 e. The Labute approximate surface area is 78.8 Å². The van der Waals surface area contributed by atoms with Gasteiger partial charge in [0, 0.05) is 17.8 Å². The van der Waals surface area contributed by atoms with Crippen molar-refractivity contribution in [1.29, 1.82) is 0 Å². The quantitative estimate of drug-likeness (QED) is 0.678. The number of nitrogens with two attached hydrogens (primary N) is 1. The fourth-order valence-electron chi connectivity index (χ4n) is 1.26. The lowest BCUT2D eigenvalue weighted by Gasteiger charge is -2.17. The Bertz CT molecular complexity index is 273. The summed E-state index contributed by atoms with van der Waals surface area (Å²) in [6.07, 6.45) is -0.504. The summed E-state index contributed by atoms with van der Waals surface area (Å²) >= 11 is 0. The predicted octanol–water partition coefficient (Wildman–Crippen LogP) is 0.864. The highest BCUT2D eigenvalue weighted by atomic mass is 16.3. The van der Waals surface area contributed by atoms with Gasteiger partial charge in [-0.15, -0.1) is 0 Å². The van der Waals surface area contributed by atoms with E-state index in [0.717, 1.165) is 5.56 Å². The smallest absolute Gasteiger partial charge is 0.0936 e. The lowest BCUT2D eigenvalue weighted by molar-refractivity contribution is 0.139. The van der Waals surface area contributed by atoms with E-state index >= 15 is 0 Å². The molecule has 1 aromatic carbocycles.